The fourth-order valence-electron chi connectivity index (χ4n) is 2.41. The lowest BCUT2D eigenvalue weighted by atomic mass is 10.2. The first kappa shape index (κ1) is 13.1. The summed E-state index contributed by atoms with van der Waals surface area (Å²) in [6.07, 6.45) is 0. The lowest BCUT2D eigenvalue weighted by molar-refractivity contribution is 0.521. The molecule has 0 saturated heterocycles. The topological polar surface area (TPSA) is 51.4 Å². The van der Waals surface area contributed by atoms with Crippen LogP contribution in [0, 0.1) is 10.7 Å². The van der Waals surface area contributed by atoms with Crippen molar-refractivity contribution in [3.8, 4) is 11.5 Å². The molecule has 0 spiro atoms. The van der Waals surface area contributed by atoms with Crippen molar-refractivity contribution < 1.29 is 0 Å². The van der Waals surface area contributed by atoms with Crippen molar-refractivity contribution in [2.24, 2.45) is 13.0 Å². The first-order valence-corrected chi connectivity index (χ1v) is 7.06. The van der Waals surface area contributed by atoms with Gasteiger partial charge in [-0.2, -0.15) is 10.2 Å². The molecule has 2 heterocycles. The van der Waals surface area contributed by atoms with Gasteiger partial charge < -0.3 is 0 Å². The molecule has 5 nitrogen and oxygen atoms in total. The minimum absolute atomic E-state index is 0.494. The van der Waals surface area contributed by atoms with Crippen LogP contribution in [0.1, 0.15) is 13.8 Å². The standard InChI is InChI=1S/C14H17N5S/c1-9(2)8-19-13(15-16-14(19)20)12-10-6-4-5-7-11(10)18(3)17-12/h4-7,9H,8H2,1-3H3,(H,16,20). The second-order valence-electron chi connectivity index (χ2n) is 5.35. The van der Waals surface area contributed by atoms with Crippen molar-refractivity contribution in [2.75, 3.05) is 0 Å². The molecular weight excluding hydrogens is 270 g/mol. The van der Waals surface area contributed by atoms with Gasteiger partial charge in [0.1, 0.15) is 5.69 Å². The number of hydrogen-bond acceptors (Lipinski definition) is 3. The number of aromatic nitrogens is 5. The molecule has 0 radical (unpaired) electrons. The summed E-state index contributed by atoms with van der Waals surface area (Å²) in [4.78, 5) is 0. The second-order valence-corrected chi connectivity index (χ2v) is 5.73. The molecule has 2 aromatic heterocycles. The number of nitrogens with zero attached hydrogens (tertiary/aromatic N) is 4. The molecule has 0 aliphatic carbocycles. The Hall–Kier alpha value is -1.95. The molecule has 0 aliphatic heterocycles. The van der Waals surface area contributed by atoms with Crippen LogP contribution in [0.2, 0.25) is 0 Å². The Morgan fingerprint density at radius 3 is 2.80 bits per heavy atom. The van der Waals surface area contributed by atoms with Crippen molar-refractivity contribution >= 4 is 23.1 Å². The number of nitrogens with one attached hydrogen (secondary N) is 1. The number of aromatic amines is 1. The maximum absolute atomic E-state index is 5.33. The Balaban J connectivity index is 2.24. The minimum atomic E-state index is 0.494. The highest BCUT2D eigenvalue weighted by Gasteiger charge is 2.17. The van der Waals surface area contributed by atoms with E-state index in [4.69, 9.17) is 12.2 Å². The Morgan fingerprint density at radius 1 is 1.30 bits per heavy atom. The van der Waals surface area contributed by atoms with Crippen LogP contribution >= 0.6 is 12.2 Å². The van der Waals surface area contributed by atoms with Crippen LogP contribution in [0.3, 0.4) is 0 Å². The van der Waals surface area contributed by atoms with E-state index in [9.17, 15) is 0 Å². The highest BCUT2D eigenvalue weighted by atomic mass is 32.1. The molecule has 0 aliphatic rings. The lowest BCUT2D eigenvalue weighted by Crippen LogP contribution is -2.07. The highest BCUT2D eigenvalue weighted by Crippen LogP contribution is 2.26. The van der Waals surface area contributed by atoms with Gasteiger partial charge in [-0.05, 0) is 24.2 Å². The van der Waals surface area contributed by atoms with Crippen molar-refractivity contribution in [2.45, 2.75) is 20.4 Å². The van der Waals surface area contributed by atoms with Gasteiger partial charge in [-0.15, -0.1) is 0 Å². The zero-order chi connectivity index (χ0) is 14.3. The first-order chi connectivity index (χ1) is 9.58. The van der Waals surface area contributed by atoms with Crippen LogP contribution in [0.15, 0.2) is 24.3 Å². The third-order valence-electron chi connectivity index (χ3n) is 3.28. The molecular formula is C14H17N5S. The van der Waals surface area contributed by atoms with E-state index in [0.29, 0.717) is 10.7 Å². The van der Waals surface area contributed by atoms with Gasteiger partial charge in [-0.25, -0.2) is 0 Å². The zero-order valence-corrected chi connectivity index (χ0v) is 12.6. The van der Waals surface area contributed by atoms with Gasteiger partial charge in [-0.3, -0.25) is 14.3 Å². The van der Waals surface area contributed by atoms with E-state index in [1.807, 2.05) is 28.4 Å². The van der Waals surface area contributed by atoms with Crippen molar-refractivity contribution in [1.29, 1.82) is 0 Å². The zero-order valence-electron chi connectivity index (χ0n) is 11.8. The van der Waals surface area contributed by atoms with Gasteiger partial charge in [0.15, 0.2) is 10.6 Å². The summed E-state index contributed by atoms with van der Waals surface area (Å²) >= 11 is 5.33. The van der Waals surface area contributed by atoms with Gasteiger partial charge in [0.05, 0.1) is 5.52 Å². The van der Waals surface area contributed by atoms with Crippen LogP contribution < -0.4 is 0 Å². The third-order valence-corrected chi connectivity index (χ3v) is 3.59. The van der Waals surface area contributed by atoms with Crippen molar-refractivity contribution in [1.82, 2.24) is 24.5 Å². The van der Waals surface area contributed by atoms with Crippen LogP contribution in [-0.2, 0) is 13.6 Å². The van der Waals surface area contributed by atoms with Gasteiger partial charge in [0.2, 0.25) is 0 Å². The number of aryl methyl sites for hydroxylation is 1. The average Bonchev–Trinajstić information content (AvgIpc) is 2.92. The van der Waals surface area contributed by atoms with Gasteiger partial charge in [0, 0.05) is 19.0 Å². The molecule has 0 amide bonds. The summed E-state index contributed by atoms with van der Waals surface area (Å²) < 4.78 is 4.54. The summed E-state index contributed by atoms with van der Waals surface area (Å²) in [7, 11) is 1.94. The van der Waals surface area contributed by atoms with Gasteiger partial charge >= 0.3 is 0 Å². The predicted octanol–water partition coefficient (Wildman–Crippen LogP) is 3.15. The smallest absolute Gasteiger partial charge is 0.195 e. The minimum Gasteiger partial charge on any atom is -0.299 e. The van der Waals surface area contributed by atoms with E-state index in [1.54, 1.807) is 0 Å². The van der Waals surface area contributed by atoms with Crippen LogP contribution in [0.4, 0.5) is 0 Å². The molecule has 0 atom stereocenters. The van der Waals surface area contributed by atoms with E-state index < -0.39 is 0 Å². The summed E-state index contributed by atoms with van der Waals surface area (Å²) in [5, 5.41) is 13.0. The van der Waals surface area contributed by atoms with Gasteiger partial charge in [0.25, 0.3) is 0 Å². The van der Waals surface area contributed by atoms with E-state index >= 15 is 0 Å². The summed E-state index contributed by atoms with van der Waals surface area (Å²) in [5.41, 5.74) is 1.96. The maximum atomic E-state index is 5.33. The Morgan fingerprint density at radius 2 is 2.05 bits per heavy atom. The largest absolute Gasteiger partial charge is 0.299 e. The summed E-state index contributed by atoms with van der Waals surface area (Å²) in [6, 6.07) is 8.15. The number of H-pyrrole nitrogens is 1. The quantitative estimate of drug-likeness (QED) is 0.753. The summed E-state index contributed by atoms with van der Waals surface area (Å²) in [6.45, 7) is 5.15. The van der Waals surface area contributed by atoms with Crippen molar-refractivity contribution in [3.63, 3.8) is 0 Å². The first-order valence-electron chi connectivity index (χ1n) is 6.65. The van der Waals surface area contributed by atoms with Crippen LogP contribution in [0.5, 0.6) is 0 Å². The molecule has 20 heavy (non-hydrogen) atoms. The average molecular weight is 287 g/mol. The van der Waals surface area contributed by atoms with E-state index in [0.717, 1.165) is 29.0 Å². The van der Waals surface area contributed by atoms with Crippen molar-refractivity contribution in [3.05, 3.63) is 29.0 Å². The molecule has 0 unspecified atom stereocenters. The molecule has 104 valence electrons. The number of hydrogen-bond donors (Lipinski definition) is 1. The number of rotatable bonds is 3. The molecule has 1 aromatic carbocycles. The molecule has 3 aromatic rings. The van der Waals surface area contributed by atoms with E-state index in [-0.39, 0.29) is 0 Å². The number of benzene rings is 1. The Bertz CT molecular complexity index is 808. The normalized spacial score (nSPS) is 11.6. The monoisotopic (exact) mass is 287 g/mol. The van der Waals surface area contributed by atoms with E-state index in [1.165, 1.54) is 0 Å². The molecule has 1 N–H and O–H groups in total. The van der Waals surface area contributed by atoms with Crippen LogP contribution in [-0.4, -0.2) is 24.5 Å². The summed E-state index contributed by atoms with van der Waals surface area (Å²) in [5.74, 6) is 1.30. The molecule has 0 bridgehead atoms. The molecule has 0 fully saturated rings. The SMILES string of the molecule is CC(C)Cn1c(-c2nn(C)c3ccccc23)n[nH]c1=S. The number of fused-ring (bicyclic) bond motifs is 1. The van der Waals surface area contributed by atoms with Crippen LogP contribution in [0.25, 0.3) is 22.4 Å². The number of para-hydroxylation sites is 1. The van der Waals surface area contributed by atoms with E-state index in [2.05, 4.69) is 41.3 Å². The lowest BCUT2D eigenvalue weighted by Gasteiger charge is -2.07. The molecule has 6 heteroatoms. The second kappa shape index (κ2) is 4.86. The van der Waals surface area contributed by atoms with Gasteiger partial charge in [-0.1, -0.05) is 32.0 Å². The Kier molecular flexibility index (Phi) is 3.17. The third kappa shape index (κ3) is 2.06. The molecule has 0 saturated carbocycles. The fourth-order valence-corrected chi connectivity index (χ4v) is 2.62. The maximum Gasteiger partial charge on any atom is 0.195 e. The fraction of sp³-hybridized carbons (Fsp3) is 0.357. The highest BCUT2D eigenvalue weighted by molar-refractivity contribution is 7.71. The molecule has 3 rings (SSSR count). The predicted molar refractivity (Wildman–Crippen MR) is 82.0 cm³/mol. The Labute approximate surface area is 122 Å².